The largest absolute Gasteiger partial charge is 0.480 e. The van der Waals surface area contributed by atoms with Gasteiger partial charge in [-0.05, 0) is 6.42 Å². The third kappa shape index (κ3) is 4.72. The Labute approximate surface area is 86.5 Å². The van der Waals surface area contributed by atoms with Gasteiger partial charge in [0.25, 0.3) is 0 Å². The third-order valence-corrected chi connectivity index (χ3v) is 2.91. The summed E-state index contributed by atoms with van der Waals surface area (Å²) >= 11 is 1.23. The number of carbonyl (C=O) groups is 2. The Morgan fingerprint density at radius 3 is 2.79 bits per heavy atom. The van der Waals surface area contributed by atoms with Crippen LogP contribution in [0.15, 0.2) is 0 Å². The van der Waals surface area contributed by atoms with Gasteiger partial charge in [-0.25, -0.2) is 4.79 Å². The first-order valence-electron chi connectivity index (χ1n) is 4.09. The smallest absolute Gasteiger partial charge is 0.327 e. The summed E-state index contributed by atoms with van der Waals surface area (Å²) in [5.41, 5.74) is 0. The van der Waals surface area contributed by atoms with Crippen molar-refractivity contribution in [2.75, 3.05) is 5.75 Å². The SMILES string of the molecule is CCC(C#N)SCC(NC=O)C(=O)O. The summed E-state index contributed by atoms with van der Waals surface area (Å²) in [4.78, 5) is 20.6. The van der Waals surface area contributed by atoms with Crippen LogP contribution in [0.3, 0.4) is 0 Å². The first-order chi connectivity index (χ1) is 6.65. The molecule has 0 spiro atoms. The molecule has 0 aliphatic rings. The van der Waals surface area contributed by atoms with E-state index >= 15 is 0 Å². The van der Waals surface area contributed by atoms with E-state index in [0.717, 1.165) is 0 Å². The molecule has 14 heavy (non-hydrogen) atoms. The number of nitriles is 1. The number of aliphatic carboxylic acids is 1. The zero-order chi connectivity index (χ0) is 11.0. The van der Waals surface area contributed by atoms with Crippen molar-refractivity contribution in [3.63, 3.8) is 0 Å². The number of rotatable bonds is 7. The maximum atomic E-state index is 10.6. The van der Waals surface area contributed by atoms with Crippen LogP contribution in [-0.2, 0) is 9.59 Å². The van der Waals surface area contributed by atoms with E-state index in [1.807, 2.05) is 13.0 Å². The minimum absolute atomic E-state index is 0.208. The van der Waals surface area contributed by atoms with Gasteiger partial charge >= 0.3 is 5.97 Å². The van der Waals surface area contributed by atoms with E-state index in [2.05, 4.69) is 5.32 Å². The Bertz CT molecular complexity index is 239. The third-order valence-electron chi connectivity index (χ3n) is 1.55. The highest BCUT2D eigenvalue weighted by Crippen LogP contribution is 2.14. The lowest BCUT2D eigenvalue weighted by Crippen LogP contribution is -2.38. The Morgan fingerprint density at radius 2 is 2.43 bits per heavy atom. The van der Waals surface area contributed by atoms with Crippen LogP contribution in [0.5, 0.6) is 0 Å². The van der Waals surface area contributed by atoms with Gasteiger partial charge in [-0.15, -0.1) is 11.8 Å². The fourth-order valence-corrected chi connectivity index (χ4v) is 1.71. The van der Waals surface area contributed by atoms with Gasteiger partial charge in [0.2, 0.25) is 6.41 Å². The lowest BCUT2D eigenvalue weighted by molar-refractivity contribution is -0.139. The van der Waals surface area contributed by atoms with E-state index in [0.29, 0.717) is 12.8 Å². The van der Waals surface area contributed by atoms with Gasteiger partial charge in [-0.2, -0.15) is 5.26 Å². The van der Waals surface area contributed by atoms with Crippen molar-refractivity contribution in [1.82, 2.24) is 5.32 Å². The minimum atomic E-state index is -1.09. The highest BCUT2D eigenvalue weighted by Gasteiger charge is 2.18. The molecule has 0 aromatic carbocycles. The summed E-state index contributed by atoms with van der Waals surface area (Å²) < 4.78 is 0. The maximum absolute atomic E-state index is 10.6. The van der Waals surface area contributed by atoms with Crippen molar-refractivity contribution in [3.8, 4) is 6.07 Å². The number of carboxylic acid groups (broad SMARTS) is 1. The van der Waals surface area contributed by atoms with Crippen molar-refractivity contribution < 1.29 is 14.7 Å². The molecule has 0 rings (SSSR count). The average Bonchev–Trinajstić information content (AvgIpc) is 2.17. The Kier molecular flexibility index (Phi) is 6.58. The maximum Gasteiger partial charge on any atom is 0.327 e. The molecule has 0 heterocycles. The molecule has 5 nitrogen and oxygen atoms in total. The molecule has 0 bridgehead atoms. The zero-order valence-electron chi connectivity index (χ0n) is 7.77. The Hall–Kier alpha value is -1.22. The van der Waals surface area contributed by atoms with Crippen LogP contribution < -0.4 is 5.32 Å². The molecule has 0 saturated carbocycles. The summed E-state index contributed by atoms with van der Waals surface area (Å²) in [5, 5.41) is 19.2. The van der Waals surface area contributed by atoms with Crippen molar-refractivity contribution in [2.24, 2.45) is 0 Å². The first-order valence-corrected chi connectivity index (χ1v) is 5.14. The number of hydrogen-bond donors (Lipinski definition) is 2. The highest BCUT2D eigenvalue weighted by molar-refractivity contribution is 8.00. The van der Waals surface area contributed by atoms with E-state index in [1.165, 1.54) is 11.8 Å². The Balaban J connectivity index is 3.99. The van der Waals surface area contributed by atoms with Crippen molar-refractivity contribution in [2.45, 2.75) is 24.6 Å². The summed E-state index contributed by atoms with van der Waals surface area (Å²) in [6, 6.07) is 1.13. The molecule has 2 unspecified atom stereocenters. The second kappa shape index (κ2) is 7.21. The van der Waals surface area contributed by atoms with Crippen LogP contribution in [0.4, 0.5) is 0 Å². The fourth-order valence-electron chi connectivity index (χ4n) is 0.732. The quantitative estimate of drug-likeness (QED) is 0.594. The zero-order valence-corrected chi connectivity index (χ0v) is 8.58. The number of carbonyl (C=O) groups excluding carboxylic acids is 1. The molecule has 78 valence electrons. The predicted octanol–water partition coefficient (Wildman–Crippen LogP) is 0.221. The second-order valence-electron chi connectivity index (χ2n) is 2.53. The van der Waals surface area contributed by atoms with Crippen LogP contribution in [0.2, 0.25) is 0 Å². The molecular formula is C8H12N2O3S. The van der Waals surface area contributed by atoms with Crippen LogP contribution in [0, 0.1) is 11.3 Å². The van der Waals surface area contributed by atoms with Gasteiger partial charge in [0.15, 0.2) is 0 Å². The highest BCUT2D eigenvalue weighted by atomic mass is 32.2. The van der Waals surface area contributed by atoms with Crippen molar-refractivity contribution >= 4 is 24.1 Å². The first kappa shape index (κ1) is 12.8. The number of amides is 1. The normalized spacial score (nSPS) is 13.7. The lowest BCUT2D eigenvalue weighted by Gasteiger charge is -2.12. The molecule has 0 aromatic heterocycles. The van der Waals surface area contributed by atoms with Gasteiger partial charge in [0, 0.05) is 5.75 Å². The number of thioether (sulfide) groups is 1. The topological polar surface area (TPSA) is 90.2 Å². The Morgan fingerprint density at radius 1 is 1.79 bits per heavy atom. The predicted molar refractivity (Wildman–Crippen MR) is 52.8 cm³/mol. The standard InChI is InChI=1S/C8H12N2O3S/c1-2-6(3-9)14-4-7(8(12)13)10-5-11/h5-7H,2,4H2,1H3,(H,10,11)(H,12,13). The van der Waals surface area contributed by atoms with Crippen molar-refractivity contribution in [1.29, 1.82) is 5.26 Å². The van der Waals surface area contributed by atoms with Gasteiger partial charge < -0.3 is 10.4 Å². The molecule has 6 heteroatoms. The van der Waals surface area contributed by atoms with Crippen LogP contribution in [0.1, 0.15) is 13.3 Å². The van der Waals surface area contributed by atoms with Gasteiger partial charge in [0.05, 0.1) is 11.3 Å². The average molecular weight is 216 g/mol. The number of carboxylic acids is 1. The van der Waals surface area contributed by atoms with Gasteiger partial charge in [-0.1, -0.05) is 6.92 Å². The molecular weight excluding hydrogens is 204 g/mol. The van der Waals surface area contributed by atoms with Crippen molar-refractivity contribution in [3.05, 3.63) is 0 Å². The van der Waals surface area contributed by atoms with E-state index in [4.69, 9.17) is 10.4 Å². The summed E-state index contributed by atoms with van der Waals surface area (Å²) in [6.07, 6.45) is 1.02. The molecule has 2 N–H and O–H groups in total. The minimum Gasteiger partial charge on any atom is -0.480 e. The van der Waals surface area contributed by atoms with E-state index < -0.39 is 12.0 Å². The van der Waals surface area contributed by atoms with Crippen LogP contribution >= 0.6 is 11.8 Å². The van der Waals surface area contributed by atoms with E-state index in [1.54, 1.807) is 0 Å². The van der Waals surface area contributed by atoms with E-state index in [9.17, 15) is 9.59 Å². The molecule has 1 amide bonds. The van der Waals surface area contributed by atoms with E-state index in [-0.39, 0.29) is 11.0 Å². The number of hydrogen-bond acceptors (Lipinski definition) is 4. The van der Waals surface area contributed by atoms with Crippen LogP contribution in [-0.4, -0.2) is 34.5 Å². The molecule has 0 aliphatic carbocycles. The molecule has 0 aliphatic heterocycles. The molecule has 0 aromatic rings. The summed E-state index contributed by atoms with van der Waals surface area (Å²) in [5.74, 6) is -0.877. The van der Waals surface area contributed by atoms with Crippen LogP contribution in [0.25, 0.3) is 0 Å². The molecule has 0 saturated heterocycles. The molecule has 0 fully saturated rings. The van der Waals surface area contributed by atoms with Gasteiger partial charge in [0.1, 0.15) is 6.04 Å². The number of nitrogens with zero attached hydrogens (tertiary/aromatic N) is 1. The fraction of sp³-hybridized carbons (Fsp3) is 0.625. The molecule has 2 atom stereocenters. The second-order valence-corrected chi connectivity index (χ2v) is 3.77. The molecule has 0 radical (unpaired) electrons. The van der Waals surface area contributed by atoms with Gasteiger partial charge in [-0.3, -0.25) is 4.79 Å². The monoisotopic (exact) mass is 216 g/mol. The lowest BCUT2D eigenvalue weighted by atomic mass is 10.3. The summed E-state index contributed by atoms with van der Waals surface area (Å²) in [7, 11) is 0. The summed E-state index contributed by atoms with van der Waals surface area (Å²) in [6.45, 7) is 1.85. The number of nitrogens with one attached hydrogen (secondary N) is 1.